The van der Waals surface area contributed by atoms with Gasteiger partial charge in [-0.15, -0.1) is 0 Å². The maximum absolute atomic E-state index is 6.04. The monoisotopic (exact) mass is 489 g/mol. The van der Waals surface area contributed by atoms with Gasteiger partial charge in [-0.25, -0.2) is 0 Å². The zero-order chi connectivity index (χ0) is 25.2. The van der Waals surface area contributed by atoms with Crippen LogP contribution in [0.5, 0.6) is 5.75 Å². The van der Waals surface area contributed by atoms with Crippen LogP contribution in [0, 0.1) is 0 Å². The van der Waals surface area contributed by atoms with Gasteiger partial charge < -0.3 is 24.0 Å². The fourth-order valence-corrected chi connectivity index (χ4v) is 4.43. The highest BCUT2D eigenvalue weighted by molar-refractivity contribution is 5.52. The first kappa shape index (κ1) is 26.0. The van der Waals surface area contributed by atoms with Crippen LogP contribution in [0.3, 0.4) is 0 Å². The summed E-state index contributed by atoms with van der Waals surface area (Å²) in [4.78, 5) is 6.96. The summed E-state index contributed by atoms with van der Waals surface area (Å²) in [5.41, 5.74) is 6.06. The van der Waals surface area contributed by atoms with Gasteiger partial charge in [-0.1, -0.05) is 36.4 Å². The van der Waals surface area contributed by atoms with Crippen molar-refractivity contribution >= 4 is 11.4 Å². The van der Waals surface area contributed by atoms with E-state index in [1.54, 1.807) is 7.11 Å². The molecule has 0 saturated carbocycles. The van der Waals surface area contributed by atoms with Gasteiger partial charge in [-0.3, -0.25) is 4.90 Å². The molecule has 6 nitrogen and oxygen atoms in total. The highest BCUT2D eigenvalue weighted by Crippen LogP contribution is 2.25. The summed E-state index contributed by atoms with van der Waals surface area (Å²) in [5.74, 6) is 0.879. The molecule has 192 valence electrons. The maximum atomic E-state index is 6.04. The van der Waals surface area contributed by atoms with Crippen LogP contribution in [0.15, 0.2) is 72.8 Å². The van der Waals surface area contributed by atoms with Crippen LogP contribution in [0.25, 0.3) is 0 Å². The largest absolute Gasteiger partial charge is 0.497 e. The molecule has 36 heavy (non-hydrogen) atoms. The van der Waals surface area contributed by atoms with Gasteiger partial charge in [0.05, 0.1) is 33.5 Å². The van der Waals surface area contributed by atoms with Crippen molar-refractivity contribution in [3.8, 4) is 5.75 Å². The smallest absolute Gasteiger partial charge is 0.119 e. The number of nitrogens with zero attached hydrogens (tertiary/aromatic N) is 3. The number of benzene rings is 3. The summed E-state index contributed by atoms with van der Waals surface area (Å²) < 4.78 is 16.9. The molecule has 1 aliphatic heterocycles. The molecule has 0 bridgehead atoms. The van der Waals surface area contributed by atoms with E-state index in [0.717, 1.165) is 58.3 Å². The van der Waals surface area contributed by atoms with Crippen molar-refractivity contribution in [2.75, 3.05) is 70.5 Å². The molecule has 0 radical (unpaired) electrons. The average Bonchev–Trinajstić information content (AvgIpc) is 2.92. The van der Waals surface area contributed by atoms with Crippen LogP contribution >= 0.6 is 0 Å². The van der Waals surface area contributed by atoms with Gasteiger partial charge in [0, 0.05) is 58.2 Å². The summed E-state index contributed by atoms with van der Waals surface area (Å²) in [7, 11) is 5.87. The van der Waals surface area contributed by atoms with Crippen LogP contribution in [-0.4, -0.2) is 65.6 Å². The van der Waals surface area contributed by atoms with Crippen molar-refractivity contribution in [3.63, 3.8) is 0 Å². The van der Waals surface area contributed by atoms with Crippen LogP contribution < -0.4 is 14.5 Å². The van der Waals surface area contributed by atoms with E-state index >= 15 is 0 Å². The van der Waals surface area contributed by atoms with Gasteiger partial charge in [-0.2, -0.15) is 0 Å². The quantitative estimate of drug-likeness (QED) is 0.340. The Morgan fingerprint density at radius 1 is 0.806 bits per heavy atom. The fraction of sp³-hybridized carbons (Fsp3) is 0.400. The molecule has 0 amide bonds. The molecule has 0 N–H and O–H groups in total. The molecule has 0 atom stereocenters. The number of rotatable bonds is 12. The van der Waals surface area contributed by atoms with Gasteiger partial charge in [-0.05, 0) is 53.1 Å². The number of ether oxygens (including phenoxy) is 3. The number of hydrogen-bond acceptors (Lipinski definition) is 6. The Balaban J connectivity index is 1.47. The van der Waals surface area contributed by atoms with Crippen LogP contribution in [0.1, 0.15) is 16.7 Å². The van der Waals surface area contributed by atoms with Crippen molar-refractivity contribution in [2.24, 2.45) is 0 Å². The Morgan fingerprint density at radius 2 is 1.44 bits per heavy atom. The predicted octanol–water partition coefficient (Wildman–Crippen LogP) is 4.82. The third kappa shape index (κ3) is 7.72. The van der Waals surface area contributed by atoms with E-state index in [-0.39, 0.29) is 0 Å². The van der Waals surface area contributed by atoms with Crippen molar-refractivity contribution in [2.45, 2.75) is 19.7 Å². The highest BCUT2D eigenvalue weighted by Gasteiger charge is 2.12. The summed E-state index contributed by atoms with van der Waals surface area (Å²) in [6.07, 6.45) is 0. The van der Waals surface area contributed by atoms with Gasteiger partial charge in [0.15, 0.2) is 0 Å². The predicted molar refractivity (Wildman–Crippen MR) is 147 cm³/mol. The molecule has 3 aromatic carbocycles. The Labute approximate surface area is 216 Å². The molecular weight excluding hydrogens is 450 g/mol. The Kier molecular flexibility index (Phi) is 9.61. The van der Waals surface area contributed by atoms with E-state index in [1.807, 2.05) is 6.07 Å². The van der Waals surface area contributed by atoms with Crippen molar-refractivity contribution in [1.29, 1.82) is 0 Å². The van der Waals surface area contributed by atoms with E-state index in [0.29, 0.717) is 6.61 Å². The second kappa shape index (κ2) is 13.3. The molecule has 1 saturated heterocycles. The zero-order valence-electron chi connectivity index (χ0n) is 21.9. The SMILES string of the molecule is COc1cccc(CN(Cc2cccc(N(C)C)c2)c2cccc(COCCN3CCOCC3)c2)c1. The lowest BCUT2D eigenvalue weighted by Crippen LogP contribution is -2.38. The average molecular weight is 490 g/mol. The molecule has 1 aliphatic rings. The standard InChI is InChI=1S/C30H39N3O3/c1-31(2)28-10-4-7-25(19-28)22-33(23-26-8-6-12-30(21-26)34-3)29-11-5-9-27(20-29)24-36-18-15-32-13-16-35-17-14-32/h4-12,19-21H,13-18,22-24H2,1-3H3. The molecule has 0 aromatic heterocycles. The lowest BCUT2D eigenvalue weighted by molar-refractivity contribution is 0.0180. The Morgan fingerprint density at radius 3 is 2.17 bits per heavy atom. The lowest BCUT2D eigenvalue weighted by atomic mass is 10.1. The maximum Gasteiger partial charge on any atom is 0.119 e. The number of morpholine rings is 1. The topological polar surface area (TPSA) is 37.4 Å². The van der Waals surface area contributed by atoms with Crippen LogP contribution in [-0.2, 0) is 29.2 Å². The number of methoxy groups -OCH3 is 1. The van der Waals surface area contributed by atoms with E-state index in [1.165, 1.54) is 28.1 Å². The normalized spacial score (nSPS) is 14.0. The van der Waals surface area contributed by atoms with Crippen molar-refractivity contribution < 1.29 is 14.2 Å². The molecule has 1 fully saturated rings. The second-order valence-electron chi connectivity index (χ2n) is 9.45. The molecule has 0 aliphatic carbocycles. The van der Waals surface area contributed by atoms with Crippen molar-refractivity contribution in [3.05, 3.63) is 89.5 Å². The van der Waals surface area contributed by atoms with E-state index < -0.39 is 0 Å². The molecule has 3 aromatic rings. The van der Waals surface area contributed by atoms with Crippen LogP contribution in [0.4, 0.5) is 11.4 Å². The third-order valence-corrected chi connectivity index (χ3v) is 6.51. The summed E-state index contributed by atoms with van der Waals surface area (Å²) >= 11 is 0. The fourth-order valence-electron chi connectivity index (χ4n) is 4.43. The number of anilines is 2. The van der Waals surface area contributed by atoms with Gasteiger partial charge in [0.25, 0.3) is 0 Å². The second-order valence-corrected chi connectivity index (χ2v) is 9.45. The first-order valence-corrected chi connectivity index (χ1v) is 12.7. The molecule has 1 heterocycles. The summed E-state index contributed by atoms with van der Waals surface area (Å²) in [5, 5.41) is 0. The molecule has 0 spiro atoms. The Bertz CT molecular complexity index is 1080. The summed E-state index contributed by atoms with van der Waals surface area (Å²) in [6, 6.07) is 25.8. The Hall–Kier alpha value is -3.06. The number of hydrogen-bond donors (Lipinski definition) is 0. The molecule has 6 heteroatoms. The minimum atomic E-state index is 0.612. The molecule has 0 unspecified atom stereocenters. The first-order valence-electron chi connectivity index (χ1n) is 12.7. The molecular formula is C30H39N3O3. The van der Waals surface area contributed by atoms with Gasteiger partial charge in [0.1, 0.15) is 5.75 Å². The highest BCUT2D eigenvalue weighted by atomic mass is 16.5. The van der Waals surface area contributed by atoms with E-state index in [4.69, 9.17) is 14.2 Å². The van der Waals surface area contributed by atoms with E-state index in [9.17, 15) is 0 Å². The first-order chi connectivity index (χ1) is 17.6. The summed E-state index contributed by atoms with van der Waals surface area (Å²) in [6.45, 7) is 7.51. The third-order valence-electron chi connectivity index (χ3n) is 6.51. The molecule has 4 rings (SSSR count). The van der Waals surface area contributed by atoms with Crippen LogP contribution in [0.2, 0.25) is 0 Å². The zero-order valence-corrected chi connectivity index (χ0v) is 21.9. The van der Waals surface area contributed by atoms with E-state index in [2.05, 4.69) is 95.5 Å². The minimum Gasteiger partial charge on any atom is -0.497 e. The van der Waals surface area contributed by atoms with Crippen molar-refractivity contribution in [1.82, 2.24) is 4.90 Å². The lowest BCUT2D eigenvalue weighted by Gasteiger charge is -2.27. The van der Waals surface area contributed by atoms with Gasteiger partial charge >= 0.3 is 0 Å². The minimum absolute atomic E-state index is 0.612. The van der Waals surface area contributed by atoms with Gasteiger partial charge in [0.2, 0.25) is 0 Å².